The van der Waals surface area contributed by atoms with Gasteiger partial charge in [0.15, 0.2) is 0 Å². The fourth-order valence-electron chi connectivity index (χ4n) is 1.58. The van der Waals surface area contributed by atoms with E-state index in [1.807, 2.05) is 0 Å². The van der Waals surface area contributed by atoms with Gasteiger partial charge in [-0.2, -0.15) is 21.3 Å². The van der Waals surface area contributed by atoms with Crippen molar-refractivity contribution in [2.24, 2.45) is 0 Å². The van der Waals surface area contributed by atoms with Gasteiger partial charge in [-0.1, -0.05) is 45.4 Å². The van der Waals surface area contributed by atoms with Crippen LogP contribution in [0.5, 0.6) is 0 Å². The van der Waals surface area contributed by atoms with Gasteiger partial charge in [-0.05, 0) is 6.42 Å². The van der Waals surface area contributed by atoms with Crippen LogP contribution in [0.25, 0.3) is 0 Å². The number of hydrogen-bond acceptors (Lipinski definition) is 3. The third kappa shape index (κ3) is 19.8. The Morgan fingerprint density at radius 3 is 2.17 bits per heavy atom. The topological polar surface area (TPSA) is 63.6 Å². The Morgan fingerprint density at radius 2 is 1.56 bits per heavy atom. The minimum absolute atomic E-state index is 0. The van der Waals surface area contributed by atoms with Crippen LogP contribution >= 0.6 is 0 Å². The molecule has 0 rings (SSSR count). The van der Waals surface area contributed by atoms with Gasteiger partial charge in [0.05, 0.1) is 6.61 Å². The smallest absolute Gasteiger partial charge is 0.328 e. The molecule has 0 aromatic heterocycles. The zero-order valence-corrected chi connectivity index (χ0v) is 15.7. The van der Waals surface area contributed by atoms with E-state index in [9.17, 15) is 8.42 Å². The Hall–Kier alpha value is 1.51. The second-order valence-electron chi connectivity index (χ2n) is 4.24. The van der Waals surface area contributed by atoms with Gasteiger partial charge in [0.2, 0.25) is 0 Å². The van der Waals surface area contributed by atoms with E-state index in [0.717, 1.165) is 12.8 Å². The van der Waals surface area contributed by atoms with Crippen molar-refractivity contribution in [2.45, 2.75) is 64.7 Å². The van der Waals surface area contributed by atoms with E-state index < -0.39 is 10.4 Å². The number of hydrogen-bond donors (Lipinski definition) is 1. The second kappa shape index (κ2) is 14.9. The Morgan fingerprint density at radius 1 is 1.00 bits per heavy atom. The number of rotatable bonds is 12. The quantitative estimate of drug-likeness (QED) is 0.247. The molecule has 0 aromatic rings. The first-order chi connectivity index (χ1) is 8.06. The Labute approximate surface area is 155 Å². The molecule has 18 heavy (non-hydrogen) atoms. The second-order valence-corrected chi connectivity index (χ2v) is 5.33. The molecule has 0 heterocycles. The van der Waals surface area contributed by atoms with E-state index in [0.29, 0.717) is 6.42 Å². The van der Waals surface area contributed by atoms with E-state index in [1.54, 1.807) is 0 Å². The maximum Gasteiger partial charge on any atom is 1.00 e. The third-order valence-electron chi connectivity index (χ3n) is 2.55. The molecular weight excluding hydrogens is 279 g/mol. The van der Waals surface area contributed by atoms with Crippen molar-refractivity contribution in [1.82, 2.24) is 0 Å². The summed E-state index contributed by atoms with van der Waals surface area (Å²) in [6.45, 7) is 2.28. The van der Waals surface area contributed by atoms with Crippen LogP contribution in [-0.2, 0) is 14.6 Å². The standard InChI is InChI=1S/C12H25O4S.K/c1-2-3-4-5-6-7-8-9-10-11-12-16-17(13,14)15;/h5H,2-4,6-12H2,1H3,(H,13,14,15);/q-1;+1. The minimum Gasteiger partial charge on any atom is -0.328 e. The van der Waals surface area contributed by atoms with Crippen molar-refractivity contribution in [3.05, 3.63) is 6.42 Å². The van der Waals surface area contributed by atoms with E-state index in [-0.39, 0.29) is 58.0 Å². The first-order valence-corrected chi connectivity index (χ1v) is 7.86. The molecule has 104 valence electrons. The third-order valence-corrected chi connectivity index (χ3v) is 3.01. The van der Waals surface area contributed by atoms with Crippen LogP contribution in [0.2, 0.25) is 0 Å². The summed E-state index contributed by atoms with van der Waals surface area (Å²) in [6, 6.07) is 0. The molecule has 0 aliphatic rings. The zero-order valence-electron chi connectivity index (χ0n) is 11.7. The molecule has 0 unspecified atom stereocenters. The summed E-state index contributed by atoms with van der Waals surface area (Å²) in [7, 11) is -4.24. The fraction of sp³-hybridized carbons (Fsp3) is 0.917. The molecule has 0 saturated carbocycles. The average molecular weight is 304 g/mol. The van der Waals surface area contributed by atoms with E-state index >= 15 is 0 Å². The summed E-state index contributed by atoms with van der Waals surface area (Å²) in [4.78, 5) is 0. The van der Waals surface area contributed by atoms with Crippen LogP contribution in [0.3, 0.4) is 0 Å². The van der Waals surface area contributed by atoms with Crippen LogP contribution in [0.1, 0.15) is 64.7 Å². The zero-order chi connectivity index (χ0) is 13.0. The summed E-state index contributed by atoms with van der Waals surface area (Å²) in [5, 5.41) is 0. The molecule has 1 N–H and O–H groups in total. The molecule has 0 spiro atoms. The monoisotopic (exact) mass is 304 g/mol. The van der Waals surface area contributed by atoms with Gasteiger partial charge < -0.3 is 6.42 Å². The van der Waals surface area contributed by atoms with Crippen molar-refractivity contribution in [3.63, 3.8) is 0 Å². The minimum atomic E-state index is -4.24. The van der Waals surface area contributed by atoms with Crippen molar-refractivity contribution in [2.75, 3.05) is 6.61 Å². The largest absolute Gasteiger partial charge is 1.00 e. The Bertz CT molecular complexity index is 255. The van der Waals surface area contributed by atoms with Crippen LogP contribution < -0.4 is 51.4 Å². The van der Waals surface area contributed by atoms with Crippen molar-refractivity contribution in [3.8, 4) is 0 Å². The molecule has 0 saturated heterocycles. The maximum atomic E-state index is 10.2. The molecular formula is C12H25KO4S. The predicted octanol–water partition coefficient (Wildman–Crippen LogP) is 0.545. The van der Waals surface area contributed by atoms with Gasteiger partial charge in [-0.25, -0.2) is 4.18 Å². The average Bonchev–Trinajstić information content (AvgIpc) is 2.24. The fourth-order valence-corrected chi connectivity index (χ4v) is 1.91. The molecule has 0 aromatic carbocycles. The van der Waals surface area contributed by atoms with E-state index in [1.165, 1.54) is 38.5 Å². The molecule has 0 aliphatic carbocycles. The molecule has 0 radical (unpaired) electrons. The maximum absolute atomic E-state index is 10.2. The summed E-state index contributed by atoms with van der Waals surface area (Å²) < 4.78 is 33.0. The number of unbranched alkanes of at least 4 members (excludes halogenated alkanes) is 9. The molecule has 0 bridgehead atoms. The molecule has 0 fully saturated rings. The van der Waals surface area contributed by atoms with Crippen LogP contribution in [0.15, 0.2) is 0 Å². The first-order valence-electron chi connectivity index (χ1n) is 6.49. The van der Waals surface area contributed by atoms with Gasteiger partial charge in [0, 0.05) is 0 Å². The normalized spacial score (nSPS) is 11.2. The van der Waals surface area contributed by atoms with Crippen molar-refractivity contribution in [1.29, 1.82) is 0 Å². The summed E-state index contributed by atoms with van der Waals surface area (Å²) >= 11 is 0. The summed E-state index contributed by atoms with van der Waals surface area (Å²) in [5.41, 5.74) is 0. The molecule has 4 nitrogen and oxygen atoms in total. The summed E-state index contributed by atoms with van der Waals surface area (Å²) in [5.74, 6) is 0. The molecule has 0 atom stereocenters. The van der Waals surface area contributed by atoms with Gasteiger partial charge >= 0.3 is 61.8 Å². The molecule has 0 aliphatic heterocycles. The predicted molar refractivity (Wildman–Crippen MR) is 69.0 cm³/mol. The van der Waals surface area contributed by atoms with Gasteiger partial charge in [0.25, 0.3) is 0 Å². The van der Waals surface area contributed by atoms with Gasteiger partial charge in [-0.3, -0.25) is 4.55 Å². The van der Waals surface area contributed by atoms with Crippen molar-refractivity contribution < 1.29 is 68.5 Å². The SMILES string of the molecule is CCCC[CH-]CCCCCCCOS(=O)(=O)O.[K+]. The Balaban J connectivity index is 0. The van der Waals surface area contributed by atoms with Crippen LogP contribution in [0, 0.1) is 6.42 Å². The van der Waals surface area contributed by atoms with Crippen LogP contribution in [0.4, 0.5) is 0 Å². The molecule has 0 amide bonds. The van der Waals surface area contributed by atoms with Crippen molar-refractivity contribution >= 4 is 10.4 Å². The van der Waals surface area contributed by atoms with Gasteiger partial charge in [-0.15, -0.1) is 0 Å². The van der Waals surface area contributed by atoms with E-state index in [4.69, 9.17) is 4.55 Å². The van der Waals surface area contributed by atoms with E-state index in [2.05, 4.69) is 17.5 Å². The first kappa shape index (κ1) is 21.8. The van der Waals surface area contributed by atoms with Crippen LogP contribution in [-0.4, -0.2) is 19.6 Å². The Kier molecular flexibility index (Phi) is 18.1. The summed E-state index contributed by atoms with van der Waals surface area (Å²) in [6.07, 6.45) is 12.4. The molecule has 6 heteroatoms. The van der Waals surface area contributed by atoms with Gasteiger partial charge in [0.1, 0.15) is 0 Å².